The Labute approximate surface area is 91.5 Å². The van der Waals surface area contributed by atoms with E-state index in [9.17, 15) is 4.79 Å². The van der Waals surface area contributed by atoms with Gasteiger partial charge in [0.1, 0.15) is 0 Å². The molecule has 0 saturated carbocycles. The molecule has 0 unspecified atom stereocenters. The van der Waals surface area contributed by atoms with Gasteiger partial charge in [-0.3, -0.25) is 9.69 Å². The van der Waals surface area contributed by atoms with E-state index in [2.05, 4.69) is 6.07 Å². The molecule has 0 aromatic carbocycles. The van der Waals surface area contributed by atoms with Crippen LogP contribution in [0.2, 0.25) is 0 Å². The second-order valence-electron chi connectivity index (χ2n) is 4.58. The normalized spacial score (nSPS) is 11.4. The van der Waals surface area contributed by atoms with Crippen molar-refractivity contribution in [2.45, 2.75) is 33.1 Å². The number of carbonyl (C=O) groups is 1. The van der Waals surface area contributed by atoms with Gasteiger partial charge in [-0.1, -0.05) is 6.42 Å². The van der Waals surface area contributed by atoms with Crippen LogP contribution in [0.4, 0.5) is 0 Å². The highest BCUT2D eigenvalue weighted by molar-refractivity contribution is 5.68. The van der Waals surface area contributed by atoms with E-state index in [0.29, 0.717) is 0 Å². The van der Waals surface area contributed by atoms with Gasteiger partial charge in [0.05, 0.1) is 18.0 Å². The summed E-state index contributed by atoms with van der Waals surface area (Å²) in [6.45, 7) is 4.71. The average molecular weight is 212 g/mol. The van der Waals surface area contributed by atoms with E-state index >= 15 is 0 Å². The third kappa shape index (κ3) is 7.95. The van der Waals surface area contributed by atoms with Crippen molar-refractivity contribution < 1.29 is 9.90 Å². The Hall–Kier alpha value is -1.08. The van der Waals surface area contributed by atoms with Crippen LogP contribution in [0, 0.1) is 16.7 Å². The first-order valence-electron chi connectivity index (χ1n) is 5.19. The minimum absolute atomic E-state index is 0.0850. The molecular weight excluding hydrogens is 192 g/mol. The highest BCUT2D eigenvalue weighted by Crippen LogP contribution is 2.21. The van der Waals surface area contributed by atoms with Crippen LogP contribution in [-0.4, -0.2) is 36.1 Å². The fraction of sp³-hybridized carbons (Fsp3) is 0.818. The molecule has 0 aromatic heterocycles. The molecule has 0 amide bonds. The second-order valence-corrected chi connectivity index (χ2v) is 4.58. The molecule has 1 N–H and O–H groups in total. The Bertz CT molecular complexity index is 243. The van der Waals surface area contributed by atoms with Crippen LogP contribution >= 0.6 is 0 Å². The van der Waals surface area contributed by atoms with Crippen LogP contribution < -0.4 is 0 Å². The number of nitriles is 1. The maximum atomic E-state index is 10.4. The second kappa shape index (κ2) is 6.41. The lowest BCUT2D eigenvalue weighted by molar-refractivity contribution is -0.137. The SMILES string of the molecule is CN(CCCCC(C)(C)C#N)CC(=O)O. The van der Waals surface area contributed by atoms with E-state index in [1.54, 1.807) is 11.9 Å². The van der Waals surface area contributed by atoms with Crippen LogP contribution in [0.25, 0.3) is 0 Å². The van der Waals surface area contributed by atoms with E-state index in [0.717, 1.165) is 25.8 Å². The number of nitrogens with zero attached hydrogens (tertiary/aromatic N) is 2. The molecule has 86 valence electrons. The largest absolute Gasteiger partial charge is 0.480 e. The Balaban J connectivity index is 3.55. The summed E-state index contributed by atoms with van der Waals surface area (Å²) in [5.74, 6) is -0.796. The number of hydrogen-bond donors (Lipinski definition) is 1. The topological polar surface area (TPSA) is 64.3 Å². The molecule has 0 aliphatic carbocycles. The number of rotatable bonds is 7. The summed E-state index contributed by atoms with van der Waals surface area (Å²) in [5, 5.41) is 17.3. The molecule has 0 rings (SSSR count). The quantitative estimate of drug-likeness (QED) is 0.653. The molecule has 0 saturated heterocycles. The van der Waals surface area contributed by atoms with Gasteiger partial charge in [-0.15, -0.1) is 0 Å². The van der Waals surface area contributed by atoms with Crippen LogP contribution in [0.5, 0.6) is 0 Å². The van der Waals surface area contributed by atoms with Gasteiger partial charge in [-0.05, 0) is 40.3 Å². The molecule has 0 aromatic rings. The van der Waals surface area contributed by atoms with Gasteiger partial charge in [0.2, 0.25) is 0 Å². The number of carboxylic acids is 1. The lowest BCUT2D eigenvalue weighted by Gasteiger charge is -2.17. The summed E-state index contributed by atoms with van der Waals surface area (Å²) >= 11 is 0. The number of unbranched alkanes of at least 4 members (excludes halogenated alkanes) is 1. The fourth-order valence-electron chi connectivity index (χ4n) is 1.31. The Kier molecular flexibility index (Phi) is 5.95. The van der Waals surface area contributed by atoms with Crippen molar-refractivity contribution in [3.05, 3.63) is 0 Å². The van der Waals surface area contributed by atoms with E-state index in [1.165, 1.54) is 0 Å². The highest BCUT2D eigenvalue weighted by Gasteiger charge is 2.15. The summed E-state index contributed by atoms with van der Waals surface area (Å²) in [4.78, 5) is 12.1. The third-order valence-electron chi connectivity index (χ3n) is 2.30. The van der Waals surface area contributed by atoms with Gasteiger partial charge in [0.15, 0.2) is 0 Å². The first-order valence-corrected chi connectivity index (χ1v) is 5.19. The van der Waals surface area contributed by atoms with Gasteiger partial charge in [-0.25, -0.2) is 0 Å². The zero-order valence-corrected chi connectivity index (χ0v) is 9.79. The van der Waals surface area contributed by atoms with Crippen molar-refractivity contribution >= 4 is 5.97 Å². The minimum Gasteiger partial charge on any atom is -0.480 e. The summed E-state index contributed by atoms with van der Waals surface area (Å²) in [6, 6.07) is 2.25. The minimum atomic E-state index is -0.796. The molecule has 0 atom stereocenters. The first-order chi connectivity index (χ1) is 6.87. The van der Waals surface area contributed by atoms with Crippen LogP contribution in [0.15, 0.2) is 0 Å². The number of carboxylic acid groups (broad SMARTS) is 1. The summed E-state index contributed by atoms with van der Waals surface area (Å²) in [7, 11) is 1.80. The smallest absolute Gasteiger partial charge is 0.317 e. The maximum Gasteiger partial charge on any atom is 0.317 e. The van der Waals surface area contributed by atoms with Crippen molar-refractivity contribution in [3.63, 3.8) is 0 Å². The van der Waals surface area contributed by atoms with Crippen molar-refractivity contribution in [2.75, 3.05) is 20.1 Å². The Morgan fingerprint density at radius 1 is 1.47 bits per heavy atom. The number of likely N-dealkylation sites (N-methyl/N-ethyl adjacent to an activating group) is 1. The van der Waals surface area contributed by atoms with Gasteiger partial charge in [0, 0.05) is 0 Å². The summed E-state index contributed by atoms with van der Waals surface area (Å²) in [6.07, 6.45) is 2.77. The highest BCUT2D eigenvalue weighted by atomic mass is 16.4. The molecule has 0 radical (unpaired) electrons. The molecule has 4 heteroatoms. The molecule has 0 bridgehead atoms. The van der Waals surface area contributed by atoms with E-state index in [-0.39, 0.29) is 12.0 Å². The Morgan fingerprint density at radius 2 is 2.07 bits per heavy atom. The molecule has 15 heavy (non-hydrogen) atoms. The molecule has 0 fully saturated rings. The number of aliphatic carboxylic acids is 1. The third-order valence-corrected chi connectivity index (χ3v) is 2.30. The monoisotopic (exact) mass is 212 g/mol. The average Bonchev–Trinajstić information content (AvgIpc) is 2.11. The number of hydrogen-bond acceptors (Lipinski definition) is 3. The lowest BCUT2D eigenvalue weighted by atomic mass is 9.89. The van der Waals surface area contributed by atoms with Gasteiger partial charge < -0.3 is 5.11 Å². The van der Waals surface area contributed by atoms with Crippen molar-refractivity contribution in [3.8, 4) is 6.07 Å². The zero-order valence-electron chi connectivity index (χ0n) is 9.79. The predicted molar refractivity (Wildman–Crippen MR) is 58.4 cm³/mol. The van der Waals surface area contributed by atoms with E-state index in [4.69, 9.17) is 10.4 Å². The summed E-state index contributed by atoms with van der Waals surface area (Å²) in [5.41, 5.74) is -0.259. The van der Waals surface area contributed by atoms with Gasteiger partial charge >= 0.3 is 5.97 Å². The molecule has 0 spiro atoms. The zero-order chi connectivity index (χ0) is 11.9. The summed E-state index contributed by atoms with van der Waals surface area (Å²) < 4.78 is 0. The fourth-order valence-corrected chi connectivity index (χ4v) is 1.31. The van der Waals surface area contributed by atoms with E-state index in [1.807, 2.05) is 13.8 Å². The van der Waals surface area contributed by atoms with Crippen molar-refractivity contribution in [1.82, 2.24) is 4.90 Å². The predicted octanol–water partition coefficient (Wildman–Crippen LogP) is 1.72. The standard InChI is InChI=1S/C11H20N2O2/c1-11(2,9-12)6-4-5-7-13(3)8-10(14)15/h4-8H2,1-3H3,(H,14,15). The first kappa shape index (κ1) is 13.9. The van der Waals surface area contributed by atoms with Gasteiger partial charge in [0.25, 0.3) is 0 Å². The lowest BCUT2D eigenvalue weighted by Crippen LogP contribution is -2.26. The molecule has 4 nitrogen and oxygen atoms in total. The van der Waals surface area contributed by atoms with Crippen LogP contribution in [-0.2, 0) is 4.79 Å². The molecule has 0 aliphatic heterocycles. The maximum absolute atomic E-state index is 10.4. The molecule has 0 heterocycles. The van der Waals surface area contributed by atoms with Crippen molar-refractivity contribution in [2.24, 2.45) is 5.41 Å². The molecular formula is C11H20N2O2. The van der Waals surface area contributed by atoms with Gasteiger partial charge in [-0.2, -0.15) is 5.26 Å². The van der Waals surface area contributed by atoms with Crippen LogP contribution in [0.1, 0.15) is 33.1 Å². The van der Waals surface area contributed by atoms with Crippen molar-refractivity contribution in [1.29, 1.82) is 5.26 Å². The van der Waals surface area contributed by atoms with E-state index < -0.39 is 5.97 Å². The van der Waals surface area contributed by atoms with Crippen LogP contribution in [0.3, 0.4) is 0 Å². The Morgan fingerprint density at radius 3 is 2.53 bits per heavy atom. The molecule has 0 aliphatic rings.